The van der Waals surface area contributed by atoms with Crippen molar-refractivity contribution in [1.82, 2.24) is 15.2 Å². The number of para-hydroxylation sites is 1. The van der Waals surface area contributed by atoms with Crippen LogP contribution in [0.25, 0.3) is 0 Å². The molecule has 0 spiro atoms. The minimum atomic E-state index is -0.392. The van der Waals surface area contributed by atoms with Crippen molar-refractivity contribution in [3.63, 3.8) is 0 Å². The smallest absolute Gasteiger partial charge is 0.306 e. The Kier molecular flexibility index (Phi) is 3.78. The Hall–Kier alpha value is -2.09. The van der Waals surface area contributed by atoms with Crippen molar-refractivity contribution in [3.8, 4) is 0 Å². The highest BCUT2D eigenvalue weighted by atomic mass is 32.2. The molecule has 7 nitrogen and oxygen atoms in total. The average molecular weight is 265 g/mol. The first-order valence-electron chi connectivity index (χ1n) is 5.27. The molecule has 1 aromatic heterocycles. The van der Waals surface area contributed by atoms with E-state index in [0.717, 1.165) is 0 Å². The maximum atomic E-state index is 11.2. The molecular weight excluding hydrogens is 254 g/mol. The molecule has 8 heteroatoms. The number of benzene rings is 1. The van der Waals surface area contributed by atoms with Crippen LogP contribution in [0.1, 0.15) is 6.92 Å². The number of aromatic amines is 1. The third-order valence-electron chi connectivity index (χ3n) is 2.15. The second-order valence-corrected chi connectivity index (χ2v) is 4.36. The summed E-state index contributed by atoms with van der Waals surface area (Å²) in [5.41, 5.74) is 0.563. The van der Waals surface area contributed by atoms with Crippen LogP contribution in [0.3, 0.4) is 0 Å². The zero-order chi connectivity index (χ0) is 13.0. The van der Waals surface area contributed by atoms with Crippen LogP contribution < -0.4 is 5.32 Å². The molecule has 0 aliphatic carbocycles. The van der Waals surface area contributed by atoms with Gasteiger partial charge in [0.1, 0.15) is 12.0 Å². The van der Waals surface area contributed by atoms with Gasteiger partial charge in [-0.25, -0.2) is 4.98 Å². The highest BCUT2D eigenvalue weighted by Gasteiger charge is 2.20. The third kappa shape index (κ3) is 2.59. The molecule has 0 amide bonds. The number of nitro groups is 1. The van der Waals surface area contributed by atoms with E-state index < -0.39 is 4.92 Å². The molecule has 18 heavy (non-hydrogen) atoms. The molecule has 0 atom stereocenters. The van der Waals surface area contributed by atoms with Gasteiger partial charge in [0, 0.05) is 6.54 Å². The Morgan fingerprint density at radius 2 is 2.39 bits per heavy atom. The largest absolute Gasteiger partial charge is 0.380 e. The summed E-state index contributed by atoms with van der Waals surface area (Å²) in [6.45, 7) is 2.51. The molecule has 0 saturated heterocycles. The Bertz CT molecular complexity index is 543. The monoisotopic (exact) mass is 265 g/mol. The van der Waals surface area contributed by atoms with Crippen molar-refractivity contribution in [2.75, 3.05) is 11.9 Å². The lowest BCUT2D eigenvalue weighted by atomic mass is 10.2. The van der Waals surface area contributed by atoms with Gasteiger partial charge in [-0.2, -0.15) is 5.10 Å². The van der Waals surface area contributed by atoms with Gasteiger partial charge in [0.15, 0.2) is 5.16 Å². The van der Waals surface area contributed by atoms with E-state index in [9.17, 15) is 10.1 Å². The molecule has 0 aliphatic heterocycles. The van der Waals surface area contributed by atoms with Crippen LogP contribution in [0, 0.1) is 10.1 Å². The second-order valence-electron chi connectivity index (χ2n) is 3.33. The zero-order valence-corrected chi connectivity index (χ0v) is 10.4. The van der Waals surface area contributed by atoms with Crippen LogP contribution in [0.2, 0.25) is 0 Å². The van der Waals surface area contributed by atoms with E-state index in [1.165, 1.54) is 18.1 Å². The summed E-state index contributed by atoms with van der Waals surface area (Å²) in [5.74, 6) is 0. The molecule has 94 valence electrons. The SMILES string of the molecule is CCNc1cccc(Sc2ncn[nH]2)c1[N+](=O)[O-]. The fourth-order valence-electron chi connectivity index (χ4n) is 1.47. The first-order chi connectivity index (χ1) is 8.72. The summed E-state index contributed by atoms with van der Waals surface area (Å²) >= 11 is 1.18. The van der Waals surface area contributed by atoms with Gasteiger partial charge >= 0.3 is 5.69 Å². The summed E-state index contributed by atoms with van der Waals surface area (Å²) < 4.78 is 0. The van der Waals surface area contributed by atoms with Crippen LogP contribution in [0.4, 0.5) is 11.4 Å². The van der Waals surface area contributed by atoms with Crippen LogP contribution in [-0.2, 0) is 0 Å². The maximum absolute atomic E-state index is 11.2. The minimum Gasteiger partial charge on any atom is -0.380 e. The first kappa shape index (κ1) is 12.4. The van der Waals surface area contributed by atoms with Crippen molar-refractivity contribution in [2.45, 2.75) is 17.0 Å². The number of hydrogen-bond donors (Lipinski definition) is 2. The highest BCUT2D eigenvalue weighted by Crippen LogP contribution is 2.37. The number of H-pyrrole nitrogens is 1. The first-order valence-corrected chi connectivity index (χ1v) is 6.08. The number of aromatic nitrogens is 3. The Morgan fingerprint density at radius 1 is 1.56 bits per heavy atom. The topological polar surface area (TPSA) is 96.7 Å². The maximum Gasteiger partial charge on any atom is 0.306 e. The lowest BCUT2D eigenvalue weighted by Crippen LogP contribution is -2.02. The number of rotatable bonds is 5. The highest BCUT2D eigenvalue weighted by molar-refractivity contribution is 7.99. The molecule has 1 heterocycles. The van der Waals surface area contributed by atoms with Gasteiger partial charge in [-0.05, 0) is 30.8 Å². The van der Waals surface area contributed by atoms with E-state index in [1.54, 1.807) is 18.2 Å². The van der Waals surface area contributed by atoms with E-state index in [1.807, 2.05) is 6.92 Å². The van der Waals surface area contributed by atoms with Crippen molar-refractivity contribution in [2.24, 2.45) is 0 Å². The molecule has 1 aromatic carbocycles. The number of nitrogens with zero attached hydrogens (tertiary/aromatic N) is 3. The fourth-order valence-corrected chi connectivity index (χ4v) is 2.31. The number of nitro benzene ring substituents is 1. The van der Waals surface area contributed by atoms with Gasteiger partial charge in [0.25, 0.3) is 0 Å². The zero-order valence-electron chi connectivity index (χ0n) is 9.58. The van der Waals surface area contributed by atoms with Gasteiger partial charge in [-0.1, -0.05) is 6.07 Å². The summed E-state index contributed by atoms with van der Waals surface area (Å²) in [4.78, 5) is 15.2. The van der Waals surface area contributed by atoms with Gasteiger partial charge in [-0.15, -0.1) is 0 Å². The molecule has 0 unspecified atom stereocenters. The third-order valence-corrected chi connectivity index (χ3v) is 3.09. The van der Waals surface area contributed by atoms with Gasteiger partial charge in [0.05, 0.1) is 9.82 Å². The van der Waals surface area contributed by atoms with Crippen LogP contribution in [-0.4, -0.2) is 26.6 Å². The average Bonchev–Trinajstić information content (AvgIpc) is 2.82. The molecule has 2 N–H and O–H groups in total. The Balaban J connectivity index is 2.39. The van der Waals surface area contributed by atoms with Crippen LogP contribution in [0.15, 0.2) is 34.6 Å². The Labute approximate surface area is 107 Å². The molecule has 2 rings (SSSR count). The lowest BCUT2D eigenvalue weighted by Gasteiger charge is -2.07. The van der Waals surface area contributed by atoms with Crippen LogP contribution >= 0.6 is 11.8 Å². The van der Waals surface area contributed by atoms with E-state index in [2.05, 4.69) is 20.5 Å². The Morgan fingerprint density at radius 3 is 3.00 bits per heavy atom. The molecule has 2 aromatic rings. The quantitative estimate of drug-likeness (QED) is 0.636. The van der Waals surface area contributed by atoms with Gasteiger partial charge < -0.3 is 5.32 Å². The standard InChI is InChI=1S/C10H11N5O2S/c1-2-11-7-4-3-5-8(9(7)15(16)17)18-10-12-6-13-14-10/h3-6,11H,2H2,1H3,(H,12,13,14). The molecule has 0 bridgehead atoms. The molecule has 0 aliphatic rings. The van der Waals surface area contributed by atoms with Crippen molar-refractivity contribution in [3.05, 3.63) is 34.6 Å². The van der Waals surface area contributed by atoms with Gasteiger partial charge in [-0.3, -0.25) is 15.2 Å². The number of anilines is 1. The summed E-state index contributed by atoms with van der Waals surface area (Å²) in [5, 5.41) is 21.0. The van der Waals surface area contributed by atoms with E-state index in [-0.39, 0.29) is 5.69 Å². The second kappa shape index (κ2) is 5.50. The van der Waals surface area contributed by atoms with Crippen LogP contribution in [0.5, 0.6) is 0 Å². The lowest BCUT2D eigenvalue weighted by molar-refractivity contribution is -0.386. The van der Waals surface area contributed by atoms with Crippen molar-refractivity contribution < 1.29 is 4.92 Å². The normalized spacial score (nSPS) is 10.3. The predicted molar refractivity (Wildman–Crippen MR) is 67.8 cm³/mol. The molecule has 0 radical (unpaired) electrons. The summed E-state index contributed by atoms with van der Waals surface area (Å²) in [6, 6.07) is 5.14. The summed E-state index contributed by atoms with van der Waals surface area (Å²) in [7, 11) is 0. The van der Waals surface area contributed by atoms with Crippen molar-refractivity contribution in [1.29, 1.82) is 0 Å². The molecular formula is C10H11N5O2S. The molecule has 0 saturated carbocycles. The van der Waals surface area contributed by atoms with Gasteiger partial charge in [0.2, 0.25) is 0 Å². The van der Waals surface area contributed by atoms with Crippen molar-refractivity contribution >= 4 is 23.1 Å². The van der Waals surface area contributed by atoms with E-state index >= 15 is 0 Å². The predicted octanol–water partition coefficient (Wildman–Crippen LogP) is 2.30. The summed E-state index contributed by atoms with van der Waals surface area (Å²) in [6.07, 6.45) is 1.36. The number of nitrogens with one attached hydrogen (secondary N) is 2. The number of hydrogen-bond acceptors (Lipinski definition) is 6. The molecule has 0 fully saturated rings. The van der Waals surface area contributed by atoms with E-state index in [4.69, 9.17) is 0 Å². The van der Waals surface area contributed by atoms with E-state index in [0.29, 0.717) is 22.3 Å². The fraction of sp³-hybridized carbons (Fsp3) is 0.200. The minimum absolute atomic E-state index is 0.0563.